The fourth-order valence-corrected chi connectivity index (χ4v) is 3.92. The van der Waals surface area contributed by atoms with E-state index < -0.39 is 0 Å². The van der Waals surface area contributed by atoms with Gasteiger partial charge in [0.2, 0.25) is 5.95 Å². The molecule has 2 aromatic heterocycles. The van der Waals surface area contributed by atoms with Gasteiger partial charge < -0.3 is 10.2 Å². The minimum absolute atomic E-state index is 0.180. The molecule has 4 nitrogen and oxygen atoms in total. The molecular weight excluding hydrogens is 280 g/mol. The van der Waals surface area contributed by atoms with Gasteiger partial charge in [0.1, 0.15) is 10.6 Å². The molecule has 3 heterocycles. The van der Waals surface area contributed by atoms with E-state index in [-0.39, 0.29) is 5.54 Å². The van der Waals surface area contributed by atoms with Crippen LogP contribution in [0.15, 0.2) is 6.07 Å². The van der Waals surface area contributed by atoms with Crippen LogP contribution in [-0.4, -0.2) is 28.6 Å². The lowest BCUT2D eigenvalue weighted by Crippen LogP contribution is -2.38. The van der Waals surface area contributed by atoms with Gasteiger partial charge in [0.15, 0.2) is 0 Å². The van der Waals surface area contributed by atoms with Gasteiger partial charge in [-0.15, -0.1) is 11.3 Å². The first kappa shape index (κ1) is 14.6. The molecule has 0 amide bonds. The number of hydrogen-bond donors (Lipinski definition) is 1. The fraction of sp³-hybridized carbons (Fsp3) is 0.625. The molecule has 1 aliphatic heterocycles. The van der Waals surface area contributed by atoms with E-state index in [2.05, 4.69) is 49.0 Å². The maximum Gasteiger partial charge on any atom is 0.226 e. The molecule has 114 valence electrons. The molecule has 5 heteroatoms. The van der Waals surface area contributed by atoms with E-state index in [1.54, 1.807) is 11.3 Å². The minimum Gasteiger partial charge on any atom is -0.354 e. The third-order valence-corrected chi connectivity index (χ3v) is 5.13. The Labute approximate surface area is 130 Å². The summed E-state index contributed by atoms with van der Waals surface area (Å²) >= 11 is 1.76. The van der Waals surface area contributed by atoms with Crippen molar-refractivity contribution >= 4 is 33.3 Å². The Morgan fingerprint density at radius 2 is 2.19 bits per heavy atom. The first-order chi connectivity index (χ1) is 10.0. The number of anilines is 2. The molecule has 1 aliphatic rings. The highest BCUT2D eigenvalue weighted by Crippen LogP contribution is 2.38. The molecule has 0 radical (unpaired) electrons. The molecule has 0 saturated carbocycles. The lowest BCUT2D eigenvalue weighted by molar-refractivity contribution is 0.515. The van der Waals surface area contributed by atoms with Gasteiger partial charge >= 0.3 is 0 Å². The van der Waals surface area contributed by atoms with E-state index >= 15 is 0 Å². The van der Waals surface area contributed by atoms with Crippen molar-refractivity contribution in [3.63, 3.8) is 0 Å². The Balaban J connectivity index is 2.10. The number of rotatable bonds is 4. The van der Waals surface area contributed by atoms with Crippen molar-refractivity contribution in [3.8, 4) is 0 Å². The van der Waals surface area contributed by atoms with E-state index in [1.165, 1.54) is 23.1 Å². The van der Waals surface area contributed by atoms with E-state index in [0.717, 1.165) is 36.1 Å². The summed E-state index contributed by atoms with van der Waals surface area (Å²) in [4.78, 5) is 14.4. The predicted octanol–water partition coefficient (Wildman–Crippen LogP) is 4.20. The van der Waals surface area contributed by atoms with Crippen LogP contribution in [0.5, 0.6) is 0 Å². The van der Waals surface area contributed by atoms with E-state index in [1.807, 2.05) is 0 Å². The average molecular weight is 304 g/mol. The number of aromatic nitrogens is 2. The van der Waals surface area contributed by atoms with Crippen molar-refractivity contribution < 1.29 is 0 Å². The van der Waals surface area contributed by atoms with Crippen molar-refractivity contribution in [2.45, 2.75) is 52.5 Å². The highest BCUT2D eigenvalue weighted by atomic mass is 32.1. The molecule has 0 unspecified atom stereocenters. The zero-order chi connectivity index (χ0) is 15.0. The Morgan fingerprint density at radius 3 is 2.86 bits per heavy atom. The van der Waals surface area contributed by atoms with Crippen LogP contribution >= 0.6 is 11.3 Å². The molecule has 0 aromatic carbocycles. The van der Waals surface area contributed by atoms with Gasteiger partial charge in [0.05, 0.1) is 5.39 Å². The summed E-state index contributed by atoms with van der Waals surface area (Å²) in [5, 5.41) is 4.55. The van der Waals surface area contributed by atoms with Gasteiger partial charge in [-0.25, -0.2) is 4.98 Å². The third-order valence-electron chi connectivity index (χ3n) is 4.19. The van der Waals surface area contributed by atoms with Gasteiger partial charge in [0, 0.05) is 23.5 Å². The number of thiophene rings is 1. The van der Waals surface area contributed by atoms with Crippen LogP contribution < -0.4 is 10.2 Å². The number of nitrogens with zero attached hydrogens (tertiary/aromatic N) is 3. The molecular formula is C16H24N4S. The summed E-state index contributed by atoms with van der Waals surface area (Å²) in [7, 11) is 0. The topological polar surface area (TPSA) is 41.1 Å². The van der Waals surface area contributed by atoms with Crippen LogP contribution in [0, 0.1) is 6.92 Å². The van der Waals surface area contributed by atoms with Crippen molar-refractivity contribution in [3.05, 3.63) is 10.9 Å². The first-order valence-corrected chi connectivity index (χ1v) is 8.62. The summed E-state index contributed by atoms with van der Waals surface area (Å²) in [5.41, 5.74) is 0.180. The predicted molar refractivity (Wildman–Crippen MR) is 91.6 cm³/mol. The third kappa shape index (κ3) is 2.71. The molecule has 0 spiro atoms. The Bertz CT molecular complexity index is 647. The van der Waals surface area contributed by atoms with Crippen LogP contribution in [-0.2, 0) is 0 Å². The van der Waals surface area contributed by atoms with E-state index in [4.69, 9.17) is 4.98 Å². The number of fused-ring (bicyclic) bond motifs is 1. The second kappa shape index (κ2) is 5.44. The first-order valence-electron chi connectivity index (χ1n) is 7.81. The smallest absolute Gasteiger partial charge is 0.226 e. The van der Waals surface area contributed by atoms with Crippen LogP contribution in [0.2, 0.25) is 0 Å². The van der Waals surface area contributed by atoms with Gasteiger partial charge in [-0.2, -0.15) is 4.98 Å². The molecule has 1 N–H and O–H groups in total. The second-order valence-corrected chi connectivity index (χ2v) is 7.68. The maximum atomic E-state index is 4.84. The normalized spacial score (nSPS) is 17.6. The molecule has 21 heavy (non-hydrogen) atoms. The van der Waals surface area contributed by atoms with Crippen molar-refractivity contribution in [2.24, 2.45) is 0 Å². The minimum atomic E-state index is 0.180. The lowest BCUT2D eigenvalue weighted by atomic mass is 10.0. The number of nitrogens with one attached hydrogen (secondary N) is 1. The summed E-state index contributed by atoms with van der Waals surface area (Å²) in [6.07, 6.45) is 3.54. The largest absolute Gasteiger partial charge is 0.354 e. The Morgan fingerprint density at radius 1 is 1.38 bits per heavy atom. The SMILES string of the molecule is CCCNc1nc(N2CCCC2(C)C)c2cc(C)sc2n1. The van der Waals surface area contributed by atoms with Crippen LogP contribution in [0.1, 0.15) is 44.9 Å². The van der Waals surface area contributed by atoms with Crippen LogP contribution in [0.25, 0.3) is 10.2 Å². The summed E-state index contributed by atoms with van der Waals surface area (Å²) in [6.45, 7) is 10.9. The molecule has 2 aromatic rings. The molecule has 0 bridgehead atoms. The zero-order valence-corrected chi connectivity index (χ0v) is 14.2. The van der Waals surface area contributed by atoms with Crippen LogP contribution in [0.3, 0.4) is 0 Å². The Hall–Kier alpha value is -1.36. The van der Waals surface area contributed by atoms with Gasteiger partial charge in [-0.1, -0.05) is 6.92 Å². The summed E-state index contributed by atoms with van der Waals surface area (Å²) in [5.74, 6) is 1.87. The molecule has 0 atom stereocenters. The lowest BCUT2D eigenvalue weighted by Gasteiger charge is -2.33. The molecule has 3 rings (SSSR count). The highest BCUT2D eigenvalue weighted by molar-refractivity contribution is 7.18. The van der Waals surface area contributed by atoms with Gasteiger partial charge in [-0.05, 0) is 46.1 Å². The van der Waals surface area contributed by atoms with E-state index in [9.17, 15) is 0 Å². The highest BCUT2D eigenvalue weighted by Gasteiger charge is 2.34. The average Bonchev–Trinajstić information content (AvgIpc) is 2.96. The van der Waals surface area contributed by atoms with Crippen molar-refractivity contribution in [2.75, 3.05) is 23.3 Å². The van der Waals surface area contributed by atoms with Gasteiger partial charge in [-0.3, -0.25) is 0 Å². The van der Waals surface area contributed by atoms with E-state index in [0.29, 0.717) is 0 Å². The summed E-state index contributed by atoms with van der Waals surface area (Å²) < 4.78 is 0. The standard InChI is InChI=1S/C16H24N4S/c1-5-8-17-15-18-13(20-9-6-7-16(20,3)4)12-10-11(2)21-14(12)19-15/h10H,5-9H2,1-4H3,(H,17,18,19). The molecule has 1 fully saturated rings. The monoisotopic (exact) mass is 304 g/mol. The van der Waals surface area contributed by atoms with Crippen LogP contribution in [0.4, 0.5) is 11.8 Å². The van der Waals surface area contributed by atoms with Gasteiger partial charge in [0.25, 0.3) is 0 Å². The Kier molecular flexibility index (Phi) is 3.78. The summed E-state index contributed by atoms with van der Waals surface area (Å²) in [6, 6.07) is 2.23. The zero-order valence-electron chi connectivity index (χ0n) is 13.4. The van der Waals surface area contributed by atoms with Crippen molar-refractivity contribution in [1.82, 2.24) is 9.97 Å². The second-order valence-electron chi connectivity index (χ2n) is 6.44. The fourth-order valence-electron chi connectivity index (χ4n) is 3.05. The van der Waals surface area contributed by atoms with Crippen molar-refractivity contribution in [1.29, 1.82) is 0 Å². The number of aryl methyl sites for hydroxylation is 1. The molecule has 0 aliphatic carbocycles. The maximum absolute atomic E-state index is 4.84. The molecule has 1 saturated heterocycles. The quantitative estimate of drug-likeness (QED) is 0.919. The number of hydrogen-bond acceptors (Lipinski definition) is 5.